The zero-order chi connectivity index (χ0) is 26.7. The average Bonchev–Trinajstić information content (AvgIpc) is 3.17. The Labute approximate surface area is 213 Å². The fourth-order valence-electron chi connectivity index (χ4n) is 4.33. The van der Waals surface area contributed by atoms with Crippen molar-refractivity contribution in [2.24, 2.45) is 0 Å². The summed E-state index contributed by atoms with van der Waals surface area (Å²) in [6.45, 7) is 1.39. The van der Waals surface area contributed by atoms with Crippen molar-refractivity contribution in [1.29, 1.82) is 0 Å². The van der Waals surface area contributed by atoms with Crippen LogP contribution in [0, 0.1) is 0 Å². The Morgan fingerprint density at radius 3 is 2.14 bits per heavy atom. The zero-order valence-electron chi connectivity index (χ0n) is 20.8. The summed E-state index contributed by atoms with van der Waals surface area (Å²) in [5, 5.41) is 14.1. The van der Waals surface area contributed by atoms with E-state index in [4.69, 9.17) is 14.2 Å². The molecule has 0 bridgehead atoms. The molecule has 0 aromatic heterocycles. The van der Waals surface area contributed by atoms with Crippen LogP contribution in [0.15, 0.2) is 72.3 Å². The van der Waals surface area contributed by atoms with Crippen molar-refractivity contribution in [3.8, 4) is 17.2 Å². The molecule has 0 radical (unpaired) electrons. The van der Waals surface area contributed by atoms with Crippen molar-refractivity contribution in [2.75, 3.05) is 31.5 Å². The number of ketones is 1. The van der Waals surface area contributed by atoms with Gasteiger partial charge in [-0.25, -0.2) is 0 Å². The number of ether oxygens (including phenoxy) is 3. The Kier molecular flexibility index (Phi) is 7.15. The summed E-state index contributed by atoms with van der Waals surface area (Å²) in [5.74, 6) is -1.04. The summed E-state index contributed by atoms with van der Waals surface area (Å²) >= 11 is 0. The number of benzene rings is 3. The number of carbonyl (C=O) groups excluding carboxylic acids is 3. The Morgan fingerprint density at radius 1 is 0.865 bits per heavy atom. The highest BCUT2D eigenvalue weighted by atomic mass is 16.5. The third-order valence-corrected chi connectivity index (χ3v) is 6.00. The lowest BCUT2D eigenvalue weighted by Crippen LogP contribution is -2.29. The number of Topliss-reactive ketones (excluding diaryl/α,β-unsaturated/α-hetero) is 1. The molecule has 9 nitrogen and oxygen atoms in total. The molecule has 2 N–H and O–H groups in total. The third-order valence-electron chi connectivity index (χ3n) is 6.00. The van der Waals surface area contributed by atoms with Gasteiger partial charge in [0.2, 0.25) is 5.91 Å². The Morgan fingerprint density at radius 2 is 1.51 bits per heavy atom. The number of hydrogen-bond donors (Lipinski definition) is 2. The molecule has 0 aliphatic carbocycles. The molecule has 1 aliphatic heterocycles. The molecule has 37 heavy (non-hydrogen) atoms. The van der Waals surface area contributed by atoms with Crippen LogP contribution in [-0.4, -0.2) is 44.0 Å². The average molecular weight is 503 g/mol. The molecule has 1 saturated heterocycles. The minimum absolute atomic E-state index is 0.104. The largest absolute Gasteiger partial charge is 0.507 e. The highest BCUT2D eigenvalue weighted by molar-refractivity contribution is 6.51. The normalized spacial score (nSPS) is 16.4. The van der Waals surface area contributed by atoms with E-state index in [-0.39, 0.29) is 22.8 Å². The van der Waals surface area contributed by atoms with Gasteiger partial charge in [-0.15, -0.1) is 0 Å². The fourth-order valence-corrected chi connectivity index (χ4v) is 4.33. The first-order valence-corrected chi connectivity index (χ1v) is 11.3. The van der Waals surface area contributed by atoms with E-state index in [2.05, 4.69) is 5.32 Å². The summed E-state index contributed by atoms with van der Waals surface area (Å²) in [6.07, 6.45) is 0. The number of amides is 2. The number of para-hydroxylation sites is 1. The molecular formula is C28H26N2O7. The van der Waals surface area contributed by atoms with Crippen LogP contribution in [0.25, 0.3) is 5.76 Å². The molecule has 190 valence electrons. The van der Waals surface area contributed by atoms with Gasteiger partial charge < -0.3 is 24.6 Å². The van der Waals surface area contributed by atoms with Crippen molar-refractivity contribution in [3.63, 3.8) is 0 Å². The van der Waals surface area contributed by atoms with Gasteiger partial charge in [-0.1, -0.05) is 18.2 Å². The first-order valence-electron chi connectivity index (χ1n) is 11.3. The Balaban J connectivity index is 1.92. The molecule has 0 spiro atoms. The van der Waals surface area contributed by atoms with Gasteiger partial charge in [-0.05, 0) is 48.5 Å². The third kappa shape index (κ3) is 4.71. The van der Waals surface area contributed by atoms with E-state index in [1.54, 1.807) is 60.7 Å². The van der Waals surface area contributed by atoms with Crippen LogP contribution < -0.4 is 24.4 Å². The molecule has 3 aromatic carbocycles. The van der Waals surface area contributed by atoms with Gasteiger partial charge in [0.1, 0.15) is 11.5 Å². The van der Waals surface area contributed by atoms with Gasteiger partial charge >= 0.3 is 0 Å². The summed E-state index contributed by atoms with van der Waals surface area (Å²) in [5.41, 5.74) is 1.62. The predicted molar refractivity (Wildman–Crippen MR) is 138 cm³/mol. The highest BCUT2D eigenvalue weighted by Gasteiger charge is 2.48. The second kappa shape index (κ2) is 10.4. The number of aliphatic hydroxyl groups excluding tert-OH is 1. The van der Waals surface area contributed by atoms with Crippen molar-refractivity contribution in [3.05, 3.63) is 83.4 Å². The Bertz CT molecular complexity index is 1400. The number of nitrogens with one attached hydrogen (secondary N) is 1. The molecule has 3 aromatic rings. The molecule has 9 heteroatoms. The molecule has 1 atom stereocenters. The molecule has 1 unspecified atom stereocenters. The van der Waals surface area contributed by atoms with Gasteiger partial charge in [0.25, 0.3) is 11.7 Å². The SMILES string of the molecule is COc1ccc(/C(O)=C2\C(=O)C(=O)N(c3ccc(NC(C)=O)cc3)C2c2ccccc2OC)cc1OC. The molecule has 2 amide bonds. The fraction of sp³-hybridized carbons (Fsp3) is 0.179. The quantitative estimate of drug-likeness (QED) is 0.281. The van der Waals surface area contributed by atoms with E-state index in [0.717, 1.165) is 0 Å². The van der Waals surface area contributed by atoms with Crippen LogP contribution >= 0.6 is 0 Å². The van der Waals surface area contributed by atoms with E-state index in [0.29, 0.717) is 34.2 Å². The molecule has 1 aliphatic rings. The van der Waals surface area contributed by atoms with E-state index in [1.165, 1.54) is 39.2 Å². The predicted octanol–water partition coefficient (Wildman–Crippen LogP) is 4.30. The number of methoxy groups -OCH3 is 3. The van der Waals surface area contributed by atoms with E-state index in [1.807, 2.05) is 0 Å². The lowest BCUT2D eigenvalue weighted by atomic mass is 9.94. The maximum atomic E-state index is 13.4. The minimum atomic E-state index is -0.990. The standard InChI is InChI=1S/C28H26N2O7/c1-16(31)29-18-10-12-19(13-11-18)30-25(20-7-5-6-8-21(20)35-2)24(27(33)28(30)34)26(32)17-9-14-22(36-3)23(15-17)37-4/h5-15,25,32H,1-4H3,(H,29,31)/b26-24+. The van der Waals surface area contributed by atoms with Crippen LogP contribution in [0.4, 0.5) is 11.4 Å². The van der Waals surface area contributed by atoms with Crippen molar-refractivity contribution < 1.29 is 33.7 Å². The molecule has 1 heterocycles. The number of rotatable bonds is 7. The number of hydrogen-bond acceptors (Lipinski definition) is 7. The summed E-state index contributed by atoms with van der Waals surface area (Å²) in [4.78, 5) is 39.5. The molecule has 1 fully saturated rings. The topological polar surface area (TPSA) is 114 Å². The second-order valence-corrected chi connectivity index (χ2v) is 8.21. The van der Waals surface area contributed by atoms with Crippen LogP contribution in [0.1, 0.15) is 24.1 Å². The maximum absolute atomic E-state index is 13.4. The monoisotopic (exact) mass is 502 g/mol. The molecule has 0 saturated carbocycles. The molecular weight excluding hydrogens is 476 g/mol. The van der Waals surface area contributed by atoms with E-state index in [9.17, 15) is 19.5 Å². The molecule has 4 rings (SSSR count). The van der Waals surface area contributed by atoms with E-state index < -0.39 is 17.7 Å². The minimum Gasteiger partial charge on any atom is -0.507 e. The summed E-state index contributed by atoms with van der Waals surface area (Å²) in [7, 11) is 4.43. The number of nitrogens with zero attached hydrogens (tertiary/aromatic N) is 1. The Hall–Kier alpha value is -4.79. The van der Waals surface area contributed by atoms with Crippen molar-refractivity contribution in [2.45, 2.75) is 13.0 Å². The second-order valence-electron chi connectivity index (χ2n) is 8.21. The van der Waals surface area contributed by atoms with Crippen LogP contribution in [0.2, 0.25) is 0 Å². The van der Waals surface area contributed by atoms with E-state index >= 15 is 0 Å². The maximum Gasteiger partial charge on any atom is 0.300 e. The van der Waals surface area contributed by atoms with Gasteiger partial charge in [-0.2, -0.15) is 0 Å². The number of anilines is 2. The first-order chi connectivity index (χ1) is 17.8. The van der Waals surface area contributed by atoms with Crippen molar-refractivity contribution >= 4 is 34.7 Å². The van der Waals surface area contributed by atoms with Crippen molar-refractivity contribution in [1.82, 2.24) is 0 Å². The summed E-state index contributed by atoms with van der Waals surface area (Å²) in [6, 6.07) is 17.2. The number of carbonyl (C=O) groups is 3. The lowest BCUT2D eigenvalue weighted by Gasteiger charge is -2.27. The highest BCUT2D eigenvalue weighted by Crippen LogP contribution is 2.45. The number of aliphatic hydroxyl groups is 1. The first kappa shape index (κ1) is 25.3. The van der Waals surface area contributed by atoms with Gasteiger partial charge in [0, 0.05) is 29.4 Å². The van der Waals surface area contributed by atoms with Crippen LogP contribution in [0.3, 0.4) is 0 Å². The smallest absolute Gasteiger partial charge is 0.300 e. The zero-order valence-corrected chi connectivity index (χ0v) is 20.8. The lowest BCUT2D eigenvalue weighted by molar-refractivity contribution is -0.132. The van der Waals surface area contributed by atoms with Crippen LogP contribution in [0.5, 0.6) is 17.2 Å². The van der Waals surface area contributed by atoms with Gasteiger partial charge in [-0.3, -0.25) is 19.3 Å². The van der Waals surface area contributed by atoms with Crippen LogP contribution in [-0.2, 0) is 14.4 Å². The summed E-state index contributed by atoms with van der Waals surface area (Å²) < 4.78 is 16.2. The van der Waals surface area contributed by atoms with Gasteiger partial charge in [0.15, 0.2) is 11.5 Å². The van der Waals surface area contributed by atoms with Gasteiger partial charge in [0.05, 0.1) is 32.9 Å².